The molecule has 0 saturated carbocycles. The van der Waals surface area contributed by atoms with Gasteiger partial charge >= 0.3 is 0 Å². The van der Waals surface area contributed by atoms with Crippen molar-refractivity contribution in [2.24, 2.45) is 5.92 Å². The standard InChI is InChI=1S/C19H20O2/c1-12-7-14(10-17(8-12)21-3)9-16-11-15-6-4-5-13(2)18(15)19(16)20/h4-8,10,16H,9,11H2,1-3H3. The monoisotopic (exact) mass is 280 g/mol. The summed E-state index contributed by atoms with van der Waals surface area (Å²) >= 11 is 0. The highest BCUT2D eigenvalue weighted by Gasteiger charge is 2.31. The van der Waals surface area contributed by atoms with Crippen LogP contribution in [0.2, 0.25) is 0 Å². The van der Waals surface area contributed by atoms with Crippen LogP contribution in [-0.4, -0.2) is 12.9 Å². The Kier molecular flexibility index (Phi) is 3.54. The molecule has 1 atom stereocenters. The molecule has 3 rings (SSSR count). The molecule has 0 bridgehead atoms. The van der Waals surface area contributed by atoms with Crippen molar-refractivity contribution in [1.82, 2.24) is 0 Å². The summed E-state index contributed by atoms with van der Waals surface area (Å²) in [5, 5.41) is 0. The van der Waals surface area contributed by atoms with Gasteiger partial charge in [0.1, 0.15) is 5.75 Å². The number of Topliss-reactive ketones (excluding diaryl/α,β-unsaturated/α-hetero) is 1. The summed E-state index contributed by atoms with van der Waals surface area (Å²) in [5.41, 5.74) is 5.59. The molecule has 1 unspecified atom stereocenters. The Balaban J connectivity index is 1.86. The van der Waals surface area contributed by atoms with E-state index in [2.05, 4.69) is 19.1 Å². The van der Waals surface area contributed by atoms with Crippen molar-refractivity contribution in [1.29, 1.82) is 0 Å². The largest absolute Gasteiger partial charge is 0.497 e. The molecular weight excluding hydrogens is 260 g/mol. The van der Waals surface area contributed by atoms with Crippen molar-refractivity contribution in [2.75, 3.05) is 7.11 Å². The van der Waals surface area contributed by atoms with Gasteiger partial charge in [-0.25, -0.2) is 0 Å². The number of methoxy groups -OCH3 is 1. The smallest absolute Gasteiger partial charge is 0.167 e. The highest BCUT2D eigenvalue weighted by Crippen LogP contribution is 2.32. The van der Waals surface area contributed by atoms with E-state index in [1.165, 1.54) is 16.7 Å². The molecule has 1 aliphatic rings. The number of carbonyl (C=O) groups excluding carboxylic acids is 1. The Morgan fingerprint density at radius 3 is 2.71 bits per heavy atom. The minimum atomic E-state index is 0.0626. The lowest BCUT2D eigenvalue weighted by atomic mass is 9.94. The van der Waals surface area contributed by atoms with Crippen LogP contribution in [-0.2, 0) is 12.8 Å². The number of ketones is 1. The molecule has 21 heavy (non-hydrogen) atoms. The third-order valence-electron chi connectivity index (χ3n) is 4.27. The second-order valence-corrected chi connectivity index (χ2v) is 5.94. The Labute approximate surface area is 125 Å². The summed E-state index contributed by atoms with van der Waals surface area (Å²) < 4.78 is 5.32. The van der Waals surface area contributed by atoms with Crippen molar-refractivity contribution in [3.8, 4) is 5.75 Å². The predicted molar refractivity (Wildman–Crippen MR) is 84.1 cm³/mol. The van der Waals surface area contributed by atoms with E-state index < -0.39 is 0 Å². The summed E-state index contributed by atoms with van der Waals surface area (Å²) in [6, 6.07) is 12.3. The zero-order valence-electron chi connectivity index (χ0n) is 12.8. The first-order chi connectivity index (χ1) is 10.1. The predicted octanol–water partition coefficient (Wildman–Crippen LogP) is 3.91. The summed E-state index contributed by atoms with van der Waals surface area (Å²) in [5.74, 6) is 1.22. The lowest BCUT2D eigenvalue weighted by Crippen LogP contribution is -2.13. The number of fused-ring (bicyclic) bond motifs is 1. The van der Waals surface area contributed by atoms with E-state index in [-0.39, 0.29) is 5.92 Å². The molecule has 1 aliphatic carbocycles. The van der Waals surface area contributed by atoms with Gasteiger partial charge in [-0.15, -0.1) is 0 Å². The number of aryl methyl sites for hydroxylation is 2. The van der Waals surface area contributed by atoms with E-state index in [1.807, 2.05) is 31.2 Å². The average Bonchev–Trinajstić information content (AvgIpc) is 2.76. The fourth-order valence-corrected chi connectivity index (χ4v) is 3.32. The normalized spacial score (nSPS) is 16.9. The summed E-state index contributed by atoms with van der Waals surface area (Å²) in [6.07, 6.45) is 1.64. The van der Waals surface area contributed by atoms with Gasteiger partial charge in [0.15, 0.2) is 5.78 Å². The number of hydrogen-bond acceptors (Lipinski definition) is 2. The van der Waals surface area contributed by atoms with Crippen LogP contribution in [0.15, 0.2) is 36.4 Å². The van der Waals surface area contributed by atoms with Crippen molar-refractivity contribution >= 4 is 5.78 Å². The number of hydrogen-bond donors (Lipinski definition) is 0. The van der Waals surface area contributed by atoms with E-state index in [0.29, 0.717) is 5.78 Å². The van der Waals surface area contributed by atoms with Crippen molar-refractivity contribution in [3.63, 3.8) is 0 Å². The van der Waals surface area contributed by atoms with Crippen LogP contribution in [0.4, 0.5) is 0 Å². The maximum Gasteiger partial charge on any atom is 0.167 e. The minimum absolute atomic E-state index is 0.0626. The molecule has 0 N–H and O–H groups in total. The molecule has 0 saturated heterocycles. The van der Waals surface area contributed by atoms with Gasteiger partial charge in [-0.2, -0.15) is 0 Å². The summed E-state index contributed by atoms with van der Waals surface area (Å²) in [6.45, 7) is 4.08. The molecule has 0 aliphatic heterocycles. The van der Waals surface area contributed by atoms with Crippen molar-refractivity contribution < 1.29 is 9.53 Å². The van der Waals surface area contributed by atoms with Gasteiger partial charge in [0, 0.05) is 11.5 Å². The van der Waals surface area contributed by atoms with Crippen LogP contribution in [0.1, 0.15) is 32.6 Å². The fourth-order valence-electron chi connectivity index (χ4n) is 3.32. The minimum Gasteiger partial charge on any atom is -0.497 e. The van der Waals surface area contributed by atoms with E-state index in [0.717, 1.165) is 29.7 Å². The quantitative estimate of drug-likeness (QED) is 0.852. The number of ether oxygens (including phenoxy) is 1. The van der Waals surface area contributed by atoms with Gasteiger partial charge in [-0.3, -0.25) is 4.79 Å². The maximum absolute atomic E-state index is 12.6. The zero-order valence-corrected chi connectivity index (χ0v) is 12.8. The van der Waals surface area contributed by atoms with Crippen molar-refractivity contribution in [2.45, 2.75) is 26.7 Å². The third-order valence-corrected chi connectivity index (χ3v) is 4.27. The molecule has 2 aromatic rings. The van der Waals surface area contributed by atoms with Crippen LogP contribution in [0.25, 0.3) is 0 Å². The maximum atomic E-state index is 12.6. The third kappa shape index (κ3) is 2.58. The summed E-state index contributed by atoms with van der Waals surface area (Å²) in [4.78, 5) is 12.6. The number of benzene rings is 2. The van der Waals surface area contributed by atoms with Gasteiger partial charge < -0.3 is 4.74 Å². The van der Waals surface area contributed by atoms with Crippen LogP contribution < -0.4 is 4.74 Å². The Morgan fingerprint density at radius 1 is 1.19 bits per heavy atom. The van der Waals surface area contributed by atoms with E-state index in [1.54, 1.807) is 7.11 Å². The fraction of sp³-hybridized carbons (Fsp3) is 0.316. The summed E-state index contributed by atoms with van der Waals surface area (Å²) in [7, 11) is 1.68. The second-order valence-electron chi connectivity index (χ2n) is 5.94. The molecule has 0 amide bonds. The number of carbonyl (C=O) groups is 1. The molecule has 0 fully saturated rings. The lowest BCUT2D eigenvalue weighted by Gasteiger charge is -2.11. The average molecular weight is 280 g/mol. The SMILES string of the molecule is COc1cc(C)cc(CC2Cc3cccc(C)c3C2=O)c1. The van der Waals surface area contributed by atoms with E-state index in [9.17, 15) is 4.79 Å². The van der Waals surface area contributed by atoms with E-state index >= 15 is 0 Å². The second kappa shape index (κ2) is 5.36. The van der Waals surface area contributed by atoms with Crippen LogP contribution in [0.3, 0.4) is 0 Å². The highest BCUT2D eigenvalue weighted by atomic mass is 16.5. The van der Waals surface area contributed by atoms with Crippen LogP contribution in [0, 0.1) is 19.8 Å². The van der Waals surface area contributed by atoms with Crippen LogP contribution in [0.5, 0.6) is 5.75 Å². The molecular formula is C19H20O2. The zero-order chi connectivity index (χ0) is 15.0. The van der Waals surface area contributed by atoms with Gasteiger partial charge in [-0.05, 0) is 61.1 Å². The lowest BCUT2D eigenvalue weighted by molar-refractivity contribution is 0.0935. The van der Waals surface area contributed by atoms with E-state index in [4.69, 9.17) is 4.74 Å². The molecule has 0 spiro atoms. The molecule has 108 valence electrons. The Bertz CT molecular complexity index is 701. The first-order valence-corrected chi connectivity index (χ1v) is 7.35. The first kappa shape index (κ1) is 13.9. The topological polar surface area (TPSA) is 26.3 Å². The highest BCUT2D eigenvalue weighted by molar-refractivity contribution is 6.03. The van der Waals surface area contributed by atoms with Crippen molar-refractivity contribution in [3.05, 3.63) is 64.2 Å². The molecule has 2 nitrogen and oxygen atoms in total. The molecule has 0 radical (unpaired) electrons. The van der Waals surface area contributed by atoms with Crippen LogP contribution >= 0.6 is 0 Å². The molecule has 2 aromatic carbocycles. The van der Waals surface area contributed by atoms with Gasteiger partial charge in [-0.1, -0.05) is 24.3 Å². The molecule has 0 aromatic heterocycles. The number of rotatable bonds is 3. The molecule has 0 heterocycles. The van der Waals surface area contributed by atoms with Gasteiger partial charge in [0.25, 0.3) is 0 Å². The molecule has 2 heteroatoms. The Hall–Kier alpha value is -2.09. The van der Waals surface area contributed by atoms with Gasteiger partial charge in [0.2, 0.25) is 0 Å². The first-order valence-electron chi connectivity index (χ1n) is 7.35. The Morgan fingerprint density at radius 2 is 2.00 bits per heavy atom. The van der Waals surface area contributed by atoms with Gasteiger partial charge in [0.05, 0.1) is 7.11 Å².